The number of carbonyl (C=O) groups is 1. The molecule has 1 aromatic carbocycles. The summed E-state index contributed by atoms with van der Waals surface area (Å²) in [5.41, 5.74) is -0.712. The topological polar surface area (TPSA) is 94.5 Å². The number of rotatable bonds is 3. The fourth-order valence-electron chi connectivity index (χ4n) is 1.74. The molecule has 0 atom stereocenters. The van der Waals surface area contributed by atoms with Gasteiger partial charge in [0.05, 0.1) is 16.4 Å². The van der Waals surface area contributed by atoms with Crippen molar-refractivity contribution < 1.29 is 32.4 Å². The Balaban J connectivity index is 2.62. The molecule has 21 heavy (non-hydrogen) atoms. The fourth-order valence-corrected chi connectivity index (χ4v) is 1.74. The number of halogens is 3. The first-order valence-corrected chi connectivity index (χ1v) is 5.41. The first kappa shape index (κ1) is 14.6. The number of nitro groups is 1. The van der Waals surface area contributed by atoms with Crippen LogP contribution >= 0.6 is 0 Å². The van der Waals surface area contributed by atoms with Gasteiger partial charge >= 0.3 is 12.3 Å². The van der Waals surface area contributed by atoms with E-state index >= 15 is 0 Å². The Hall–Kier alpha value is -2.78. The van der Waals surface area contributed by atoms with Gasteiger partial charge < -0.3 is 14.5 Å². The Kier molecular flexibility index (Phi) is 3.45. The highest BCUT2D eigenvalue weighted by Gasteiger charge is 2.32. The number of hydrogen-bond acceptors (Lipinski definition) is 5. The minimum Gasteiger partial charge on any atom is -0.424 e. The maximum Gasteiger partial charge on any atom is 0.573 e. The average Bonchev–Trinajstić information content (AvgIpc) is 2.68. The van der Waals surface area contributed by atoms with E-state index in [4.69, 9.17) is 4.74 Å². The average molecular weight is 304 g/mol. The summed E-state index contributed by atoms with van der Waals surface area (Å²) in [6, 6.07) is 1.52. The van der Waals surface area contributed by atoms with Crippen LogP contribution in [0.25, 0.3) is 10.9 Å². The van der Waals surface area contributed by atoms with E-state index in [0.29, 0.717) is 6.07 Å². The van der Waals surface area contributed by atoms with Crippen LogP contribution in [0.4, 0.5) is 18.9 Å². The van der Waals surface area contributed by atoms with Gasteiger partial charge in [-0.25, -0.2) is 0 Å². The maximum atomic E-state index is 12.2. The van der Waals surface area contributed by atoms with Crippen molar-refractivity contribution >= 4 is 22.6 Å². The number of fused-ring (bicyclic) bond motifs is 1. The van der Waals surface area contributed by atoms with E-state index < -0.39 is 28.7 Å². The molecule has 0 saturated carbocycles. The molecule has 112 valence electrons. The minimum absolute atomic E-state index is 0.0707. The molecule has 1 aromatic heterocycles. The Labute approximate surface area is 114 Å². The van der Waals surface area contributed by atoms with Crippen LogP contribution in [0.1, 0.15) is 6.92 Å². The minimum atomic E-state index is -5.00. The summed E-state index contributed by atoms with van der Waals surface area (Å²) in [6.07, 6.45) is -3.87. The van der Waals surface area contributed by atoms with E-state index in [0.717, 1.165) is 19.2 Å². The van der Waals surface area contributed by atoms with Gasteiger partial charge in [0.2, 0.25) is 0 Å². The van der Waals surface area contributed by atoms with Crippen molar-refractivity contribution in [1.82, 2.24) is 4.98 Å². The smallest absolute Gasteiger partial charge is 0.424 e. The van der Waals surface area contributed by atoms with Crippen LogP contribution in [0, 0.1) is 10.1 Å². The fraction of sp³-hybridized carbons (Fsp3) is 0.182. The molecule has 2 rings (SSSR count). The Bertz CT molecular complexity index is 722. The quantitative estimate of drug-likeness (QED) is 0.534. The number of hydrogen-bond donors (Lipinski definition) is 1. The third kappa shape index (κ3) is 3.22. The molecule has 0 aliphatic rings. The predicted molar refractivity (Wildman–Crippen MR) is 62.9 cm³/mol. The van der Waals surface area contributed by atoms with Crippen LogP contribution in [0.2, 0.25) is 0 Å². The SMILES string of the molecule is CC(=O)Oc1c[nH]c2c([N+](=O)[O-])cc(OC(F)(F)F)cc12. The lowest BCUT2D eigenvalue weighted by atomic mass is 10.2. The van der Waals surface area contributed by atoms with Crippen molar-refractivity contribution in [1.29, 1.82) is 0 Å². The molecule has 0 saturated heterocycles. The molecule has 0 amide bonds. The summed E-state index contributed by atoms with van der Waals surface area (Å²) >= 11 is 0. The van der Waals surface area contributed by atoms with Crippen LogP contribution in [0.5, 0.6) is 11.5 Å². The molecule has 1 N–H and O–H groups in total. The van der Waals surface area contributed by atoms with Crippen LogP contribution < -0.4 is 9.47 Å². The van der Waals surface area contributed by atoms with Crippen LogP contribution in [-0.4, -0.2) is 22.2 Å². The number of ether oxygens (including phenoxy) is 2. The second-order valence-electron chi connectivity index (χ2n) is 3.92. The van der Waals surface area contributed by atoms with Crippen molar-refractivity contribution in [3.05, 3.63) is 28.4 Å². The van der Waals surface area contributed by atoms with Crippen LogP contribution in [0.3, 0.4) is 0 Å². The number of H-pyrrole nitrogens is 1. The zero-order chi connectivity index (χ0) is 15.8. The van der Waals surface area contributed by atoms with Gasteiger partial charge in [-0.05, 0) is 6.07 Å². The third-order valence-corrected chi connectivity index (χ3v) is 2.39. The van der Waals surface area contributed by atoms with Gasteiger partial charge in [0.25, 0.3) is 5.69 Å². The number of benzene rings is 1. The predicted octanol–water partition coefficient (Wildman–Crippen LogP) is 2.90. The van der Waals surface area contributed by atoms with Gasteiger partial charge in [0.15, 0.2) is 5.75 Å². The number of alkyl halides is 3. The lowest BCUT2D eigenvalue weighted by Crippen LogP contribution is -2.17. The van der Waals surface area contributed by atoms with Gasteiger partial charge in [-0.3, -0.25) is 14.9 Å². The highest BCUT2D eigenvalue weighted by atomic mass is 19.4. The van der Waals surface area contributed by atoms with Crippen LogP contribution in [-0.2, 0) is 4.79 Å². The molecule has 10 heteroatoms. The van der Waals surface area contributed by atoms with Crippen molar-refractivity contribution in [2.45, 2.75) is 13.3 Å². The normalized spacial score (nSPS) is 11.4. The van der Waals surface area contributed by atoms with Gasteiger partial charge in [-0.15, -0.1) is 13.2 Å². The molecule has 0 fully saturated rings. The number of nitro benzene ring substituents is 1. The highest BCUT2D eigenvalue weighted by Crippen LogP contribution is 2.37. The molecular formula is C11H7F3N2O5. The number of aromatic nitrogens is 1. The van der Waals surface area contributed by atoms with E-state index in [1.807, 2.05) is 0 Å². The first-order chi connectivity index (χ1) is 9.67. The van der Waals surface area contributed by atoms with E-state index in [9.17, 15) is 28.1 Å². The lowest BCUT2D eigenvalue weighted by molar-refractivity contribution is -0.383. The summed E-state index contributed by atoms with van der Waals surface area (Å²) in [5.74, 6) is -1.64. The number of nitrogens with one attached hydrogen (secondary N) is 1. The summed E-state index contributed by atoms with van der Waals surface area (Å²) in [6.45, 7) is 1.09. The molecule has 0 aliphatic carbocycles. The Morgan fingerprint density at radius 1 is 1.38 bits per heavy atom. The molecule has 0 aliphatic heterocycles. The van der Waals surface area contributed by atoms with Gasteiger partial charge in [0.1, 0.15) is 11.3 Å². The van der Waals surface area contributed by atoms with E-state index in [2.05, 4.69) is 9.72 Å². The molecule has 2 aromatic rings. The lowest BCUT2D eigenvalue weighted by Gasteiger charge is -2.09. The summed E-state index contributed by atoms with van der Waals surface area (Å²) in [7, 11) is 0. The largest absolute Gasteiger partial charge is 0.573 e. The molecule has 7 nitrogen and oxygen atoms in total. The second-order valence-corrected chi connectivity index (χ2v) is 3.92. The van der Waals surface area contributed by atoms with Gasteiger partial charge in [-0.1, -0.05) is 0 Å². The highest BCUT2D eigenvalue weighted by molar-refractivity contribution is 5.95. The Morgan fingerprint density at radius 3 is 2.57 bits per heavy atom. The monoisotopic (exact) mass is 304 g/mol. The summed E-state index contributed by atoms with van der Waals surface area (Å²) in [4.78, 5) is 23.4. The molecule has 0 unspecified atom stereocenters. The number of esters is 1. The van der Waals surface area contributed by atoms with Crippen molar-refractivity contribution in [3.8, 4) is 11.5 Å². The summed E-state index contributed by atoms with van der Waals surface area (Å²) in [5, 5.41) is 10.8. The zero-order valence-electron chi connectivity index (χ0n) is 10.4. The molecule has 0 bridgehead atoms. The number of carbonyl (C=O) groups excluding carboxylic acids is 1. The van der Waals surface area contributed by atoms with E-state index in [1.165, 1.54) is 0 Å². The maximum absolute atomic E-state index is 12.2. The number of aromatic amines is 1. The third-order valence-electron chi connectivity index (χ3n) is 2.39. The molecule has 1 heterocycles. The van der Waals surface area contributed by atoms with Crippen molar-refractivity contribution in [3.63, 3.8) is 0 Å². The number of nitrogens with zero attached hydrogens (tertiary/aromatic N) is 1. The second kappa shape index (κ2) is 4.96. The zero-order valence-corrected chi connectivity index (χ0v) is 10.4. The molecule has 0 spiro atoms. The summed E-state index contributed by atoms with van der Waals surface area (Å²) < 4.78 is 45.1. The molecule has 0 radical (unpaired) electrons. The van der Waals surface area contributed by atoms with E-state index in [1.54, 1.807) is 0 Å². The first-order valence-electron chi connectivity index (χ1n) is 5.41. The van der Waals surface area contributed by atoms with Crippen LogP contribution in [0.15, 0.2) is 18.3 Å². The van der Waals surface area contributed by atoms with Gasteiger partial charge in [-0.2, -0.15) is 0 Å². The van der Waals surface area contributed by atoms with Crippen molar-refractivity contribution in [2.75, 3.05) is 0 Å². The van der Waals surface area contributed by atoms with Gasteiger partial charge in [0, 0.05) is 13.1 Å². The van der Waals surface area contributed by atoms with Crippen molar-refractivity contribution in [2.24, 2.45) is 0 Å². The Morgan fingerprint density at radius 2 is 2.05 bits per heavy atom. The molecular weight excluding hydrogens is 297 g/mol. The standard InChI is InChI=1S/C11H7F3N2O5/c1-5(17)20-9-4-15-10-7(9)2-6(21-11(12,13)14)3-8(10)16(18)19/h2-4,15H,1H3. The van der Waals surface area contributed by atoms with E-state index in [-0.39, 0.29) is 16.7 Å². The number of non-ortho nitro benzene ring substituents is 1.